The predicted molar refractivity (Wildman–Crippen MR) is 85.6 cm³/mol. The molecule has 2 aliphatic rings. The van der Waals surface area contributed by atoms with Gasteiger partial charge in [-0.05, 0) is 47.6 Å². The smallest absolute Gasteiger partial charge is 0.282 e. The van der Waals surface area contributed by atoms with Crippen molar-refractivity contribution in [1.82, 2.24) is 0 Å². The van der Waals surface area contributed by atoms with E-state index in [-0.39, 0.29) is 4.90 Å². The summed E-state index contributed by atoms with van der Waals surface area (Å²) in [6.45, 7) is 6.23. The van der Waals surface area contributed by atoms with Crippen molar-refractivity contribution in [3.05, 3.63) is 41.5 Å². The first kappa shape index (κ1) is 16.0. The van der Waals surface area contributed by atoms with E-state index in [0.717, 1.165) is 36.0 Å². The van der Waals surface area contributed by atoms with Crippen LogP contribution in [0.2, 0.25) is 0 Å². The maximum atomic E-state index is 11.7. The Balaban J connectivity index is 2.68. The number of aryl methyl sites for hydroxylation is 1. The van der Waals surface area contributed by atoms with E-state index in [0.29, 0.717) is 11.5 Å². The quantitative estimate of drug-likeness (QED) is 0.827. The Hall–Kier alpha value is -1.39. The zero-order valence-corrected chi connectivity index (χ0v) is 13.6. The van der Waals surface area contributed by atoms with Gasteiger partial charge in [0.1, 0.15) is 4.90 Å². The van der Waals surface area contributed by atoms with Crippen LogP contribution in [-0.4, -0.2) is 13.0 Å². The van der Waals surface area contributed by atoms with E-state index >= 15 is 0 Å². The summed E-state index contributed by atoms with van der Waals surface area (Å²) < 4.78 is 32.9. The molecule has 0 saturated heterocycles. The zero-order valence-electron chi connectivity index (χ0n) is 12.8. The third kappa shape index (κ3) is 3.44. The molecule has 0 atom stereocenters. The van der Waals surface area contributed by atoms with Crippen molar-refractivity contribution in [2.45, 2.75) is 50.8 Å². The highest BCUT2D eigenvalue weighted by molar-refractivity contribution is 7.86. The second-order valence-corrected chi connectivity index (χ2v) is 7.15. The standard InChI is InChI=1S/C17H22O3S/c1-4-5-7-14-11-17(21(18,19)20)16-10-13(12(2)3)8-6-9-15(14)16/h6,8-12H,4-5,7H2,1-3H3,(H,18,19,20). The molecule has 0 saturated carbocycles. The third-order valence-corrected chi connectivity index (χ3v) is 4.71. The van der Waals surface area contributed by atoms with E-state index in [1.54, 1.807) is 6.07 Å². The summed E-state index contributed by atoms with van der Waals surface area (Å²) in [5, 5.41) is 0. The average molecular weight is 306 g/mol. The summed E-state index contributed by atoms with van der Waals surface area (Å²) in [6, 6.07) is 9.42. The summed E-state index contributed by atoms with van der Waals surface area (Å²) in [5.74, 6) is 0.295. The molecule has 0 spiro atoms. The van der Waals surface area contributed by atoms with Gasteiger partial charge in [-0.2, -0.15) is 8.42 Å². The molecule has 2 aliphatic carbocycles. The SMILES string of the molecule is CCCCc1cc(S(=O)(=O)O)c2cc(C(C)C)cccc1-2. The van der Waals surface area contributed by atoms with Gasteiger partial charge in [-0.3, -0.25) is 4.55 Å². The number of rotatable bonds is 5. The minimum Gasteiger partial charge on any atom is -0.282 e. The van der Waals surface area contributed by atoms with Crippen molar-refractivity contribution in [3.8, 4) is 11.1 Å². The lowest BCUT2D eigenvalue weighted by atomic mass is 10.0. The van der Waals surface area contributed by atoms with Crippen LogP contribution in [0.4, 0.5) is 0 Å². The van der Waals surface area contributed by atoms with Crippen molar-refractivity contribution in [2.24, 2.45) is 0 Å². The molecule has 0 unspecified atom stereocenters. The van der Waals surface area contributed by atoms with Crippen LogP contribution >= 0.6 is 0 Å². The molecule has 0 aromatic carbocycles. The Labute approximate surface area is 127 Å². The normalized spacial score (nSPS) is 12.2. The summed E-state index contributed by atoms with van der Waals surface area (Å²) in [4.78, 5) is 0.0294. The lowest BCUT2D eigenvalue weighted by Crippen LogP contribution is -1.97. The molecule has 0 radical (unpaired) electrons. The number of unbranched alkanes of at least 4 members (excludes halogenated alkanes) is 1. The van der Waals surface area contributed by atoms with Gasteiger partial charge >= 0.3 is 0 Å². The first-order chi connectivity index (χ1) is 9.84. The van der Waals surface area contributed by atoms with Gasteiger partial charge in [0.05, 0.1) is 0 Å². The molecular weight excluding hydrogens is 284 g/mol. The zero-order chi connectivity index (χ0) is 15.6. The number of hydrogen-bond acceptors (Lipinski definition) is 2. The summed E-state index contributed by atoms with van der Waals surface area (Å²) >= 11 is 0. The Kier molecular flexibility index (Phi) is 4.69. The molecule has 4 heteroatoms. The molecule has 0 bridgehead atoms. The van der Waals surface area contributed by atoms with Gasteiger partial charge < -0.3 is 0 Å². The summed E-state index contributed by atoms with van der Waals surface area (Å²) in [5.41, 5.74) is 3.59. The van der Waals surface area contributed by atoms with Gasteiger partial charge in [-0.25, -0.2) is 0 Å². The third-order valence-electron chi connectivity index (χ3n) is 3.81. The van der Waals surface area contributed by atoms with Crippen molar-refractivity contribution in [2.75, 3.05) is 0 Å². The highest BCUT2D eigenvalue weighted by atomic mass is 32.2. The Morgan fingerprint density at radius 3 is 2.43 bits per heavy atom. The van der Waals surface area contributed by atoms with E-state index in [4.69, 9.17) is 0 Å². The highest BCUT2D eigenvalue weighted by Gasteiger charge is 2.23. The maximum Gasteiger partial charge on any atom is 0.295 e. The second-order valence-electron chi connectivity index (χ2n) is 5.76. The van der Waals surface area contributed by atoms with Gasteiger partial charge in [0.25, 0.3) is 10.1 Å². The monoisotopic (exact) mass is 306 g/mol. The van der Waals surface area contributed by atoms with Crippen molar-refractivity contribution in [3.63, 3.8) is 0 Å². The first-order valence-electron chi connectivity index (χ1n) is 7.37. The fourth-order valence-corrected chi connectivity index (χ4v) is 3.32. The van der Waals surface area contributed by atoms with Crippen LogP contribution in [0.15, 0.2) is 35.2 Å². The minimum absolute atomic E-state index is 0.0294. The van der Waals surface area contributed by atoms with E-state index in [1.807, 2.05) is 24.3 Å². The molecule has 1 N–H and O–H groups in total. The first-order valence-corrected chi connectivity index (χ1v) is 8.81. The number of fused-ring (bicyclic) bond motifs is 1. The molecule has 0 aromatic heterocycles. The molecule has 21 heavy (non-hydrogen) atoms. The van der Waals surface area contributed by atoms with Crippen molar-refractivity contribution < 1.29 is 13.0 Å². The lowest BCUT2D eigenvalue weighted by Gasteiger charge is -2.04. The van der Waals surface area contributed by atoms with Crippen LogP contribution in [0.5, 0.6) is 0 Å². The molecule has 0 amide bonds. The largest absolute Gasteiger partial charge is 0.295 e. The summed E-state index contributed by atoms with van der Waals surface area (Å²) in [7, 11) is -4.21. The molecule has 0 fully saturated rings. The van der Waals surface area contributed by atoms with Crippen molar-refractivity contribution in [1.29, 1.82) is 0 Å². The average Bonchev–Trinajstić information content (AvgIpc) is 2.59. The van der Waals surface area contributed by atoms with E-state index in [1.165, 1.54) is 0 Å². The van der Waals surface area contributed by atoms with E-state index in [2.05, 4.69) is 20.8 Å². The fourth-order valence-electron chi connectivity index (χ4n) is 2.58. The van der Waals surface area contributed by atoms with Gasteiger partial charge in [0.2, 0.25) is 0 Å². The van der Waals surface area contributed by atoms with Crippen LogP contribution in [0, 0.1) is 0 Å². The molecule has 2 rings (SSSR count). The Bertz CT molecular complexity index is 702. The molecule has 0 aliphatic heterocycles. The van der Waals surface area contributed by atoms with Crippen LogP contribution < -0.4 is 0 Å². The topological polar surface area (TPSA) is 54.4 Å². The van der Waals surface area contributed by atoms with Crippen molar-refractivity contribution >= 4 is 10.1 Å². The van der Waals surface area contributed by atoms with Gasteiger partial charge in [-0.1, -0.05) is 45.4 Å². The summed E-state index contributed by atoms with van der Waals surface area (Å²) in [6.07, 6.45) is 2.87. The van der Waals surface area contributed by atoms with Crippen LogP contribution in [0.25, 0.3) is 11.1 Å². The van der Waals surface area contributed by atoms with Gasteiger partial charge in [-0.15, -0.1) is 0 Å². The predicted octanol–water partition coefficient (Wildman–Crippen LogP) is 4.50. The lowest BCUT2D eigenvalue weighted by molar-refractivity contribution is 0.484. The van der Waals surface area contributed by atoms with E-state index < -0.39 is 10.1 Å². The second kappa shape index (κ2) is 6.16. The highest BCUT2D eigenvalue weighted by Crippen LogP contribution is 2.37. The molecule has 0 heterocycles. The van der Waals surface area contributed by atoms with Crippen LogP contribution in [-0.2, 0) is 16.5 Å². The van der Waals surface area contributed by atoms with Gasteiger partial charge in [0, 0.05) is 5.56 Å². The Morgan fingerprint density at radius 2 is 1.86 bits per heavy atom. The molecule has 0 aromatic rings. The minimum atomic E-state index is -4.21. The van der Waals surface area contributed by atoms with E-state index in [9.17, 15) is 13.0 Å². The molecular formula is C17H22O3S. The van der Waals surface area contributed by atoms with Crippen LogP contribution in [0.3, 0.4) is 0 Å². The molecule has 114 valence electrons. The molecule has 3 nitrogen and oxygen atoms in total. The van der Waals surface area contributed by atoms with Gasteiger partial charge in [0.15, 0.2) is 0 Å². The Morgan fingerprint density at radius 1 is 1.14 bits per heavy atom. The van der Waals surface area contributed by atoms with Crippen LogP contribution in [0.1, 0.15) is 50.7 Å². The number of hydrogen-bond donors (Lipinski definition) is 1. The fraction of sp³-hybridized carbons (Fsp3) is 0.412. The maximum absolute atomic E-state index is 11.7.